The van der Waals surface area contributed by atoms with Gasteiger partial charge in [0.05, 0.1) is 12.6 Å². The summed E-state index contributed by atoms with van der Waals surface area (Å²) in [5.74, 6) is 2.69. The molecule has 5 nitrogen and oxygen atoms in total. The fourth-order valence-corrected chi connectivity index (χ4v) is 1.95. The maximum Gasteiger partial charge on any atom is 0.135 e. The van der Waals surface area contributed by atoms with Crippen molar-refractivity contribution < 1.29 is 4.74 Å². The van der Waals surface area contributed by atoms with Crippen LogP contribution in [0.3, 0.4) is 0 Å². The second-order valence-electron chi connectivity index (χ2n) is 4.27. The highest BCUT2D eigenvalue weighted by Crippen LogP contribution is 2.22. The van der Waals surface area contributed by atoms with Gasteiger partial charge in [0, 0.05) is 25.6 Å². The number of hydrogen-bond acceptors (Lipinski definition) is 5. The lowest BCUT2D eigenvalue weighted by molar-refractivity contribution is 0.195. The lowest BCUT2D eigenvalue weighted by Crippen LogP contribution is -2.21. The lowest BCUT2D eigenvalue weighted by Gasteiger charge is -2.16. The summed E-state index contributed by atoms with van der Waals surface area (Å²) < 4.78 is 5.36. The average Bonchev–Trinajstić information content (AvgIpc) is 2.84. The van der Waals surface area contributed by atoms with Crippen molar-refractivity contribution in [3.05, 3.63) is 11.4 Å². The molecule has 94 valence electrons. The molecule has 2 rings (SSSR count). The number of aryl methyl sites for hydroxylation is 1. The highest BCUT2D eigenvalue weighted by molar-refractivity contribution is 5.57. The number of anilines is 2. The van der Waals surface area contributed by atoms with E-state index in [4.69, 9.17) is 4.74 Å². The van der Waals surface area contributed by atoms with Gasteiger partial charge in [-0.25, -0.2) is 9.97 Å². The van der Waals surface area contributed by atoms with Crippen LogP contribution in [0.2, 0.25) is 0 Å². The zero-order valence-electron chi connectivity index (χ0n) is 10.7. The van der Waals surface area contributed by atoms with E-state index in [0.717, 1.165) is 49.1 Å². The Labute approximate surface area is 102 Å². The molecule has 17 heavy (non-hydrogen) atoms. The summed E-state index contributed by atoms with van der Waals surface area (Å²) in [7, 11) is 1.89. The first-order chi connectivity index (χ1) is 8.24. The zero-order valence-corrected chi connectivity index (χ0v) is 10.7. The summed E-state index contributed by atoms with van der Waals surface area (Å²) in [6.07, 6.45) is 1.88. The number of rotatable bonds is 4. The van der Waals surface area contributed by atoms with E-state index in [-0.39, 0.29) is 0 Å². The first-order valence-corrected chi connectivity index (χ1v) is 6.14. The second kappa shape index (κ2) is 5.31. The molecule has 1 aromatic rings. The molecule has 1 aliphatic heterocycles. The highest BCUT2D eigenvalue weighted by Gasteiger charge is 2.18. The van der Waals surface area contributed by atoms with Crippen molar-refractivity contribution in [2.75, 3.05) is 30.9 Å². The van der Waals surface area contributed by atoms with E-state index in [1.807, 2.05) is 14.0 Å². The van der Waals surface area contributed by atoms with Gasteiger partial charge in [-0.15, -0.1) is 0 Å². The summed E-state index contributed by atoms with van der Waals surface area (Å²) in [6.45, 7) is 5.69. The molecule has 2 heterocycles. The Morgan fingerprint density at radius 1 is 1.35 bits per heavy atom. The van der Waals surface area contributed by atoms with Crippen LogP contribution in [0.25, 0.3) is 0 Å². The SMILES string of the molecule is CCc1nc(NC)c(C)c(NC2CCOC2)n1. The van der Waals surface area contributed by atoms with Crippen LogP contribution in [-0.4, -0.2) is 36.3 Å². The van der Waals surface area contributed by atoms with Gasteiger partial charge >= 0.3 is 0 Å². The Bertz CT molecular complexity index is 388. The maximum atomic E-state index is 5.36. The van der Waals surface area contributed by atoms with Crippen LogP contribution in [0.1, 0.15) is 24.7 Å². The van der Waals surface area contributed by atoms with Crippen molar-refractivity contribution in [1.82, 2.24) is 9.97 Å². The van der Waals surface area contributed by atoms with Crippen molar-refractivity contribution in [3.8, 4) is 0 Å². The monoisotopic (exact) mass is 236 g/mol. The molecule has 2 N–H and O–H groups in total. The van der Waals surface area contributed by atoms with Gasteiger partial charge in [-0.1, -0.05) is 6.92 Å². The van der Waals surface area contributed by atoms with E-state index >= 15 is 0 Å². The fraction of sp³-hybridized carbons (Fsp3) is 0.667. The number of aromatic nitrogens is 2. The third kappa shape index (κ3) is 2.66. The van der Waals surface area contributed by atoms with Crippen molar-refractivity contribution in [3.63, 3.8) is 0 Å². The Balaban J connectivity index is 2.24. The molecule has 0 radical (unpaired) electrons. The third-order valence-electron chi connectivity index (χ3n) is 3.02. The van der Waals surface area contributed by atoms with Crippen molar-refractivity contribution in [1.29, 1.82) is 0 Å². The predicted molar refractivity (Wildman–Crippen MR) is 68.5 cm³/mol. The predicted octanol–water partition coefficient (Wildman–Crippen LogP) is 1.59. The van der Waals surface area contributed by atoms with Gasteiger partial charge in [0.2, 0.25) is 0 Å². The number of ether oxygens (including phenoxy) is 1. The minimum atomic E-state index is 0.373. The standard InChI is InChI=1S/C12H20N4O/c1-4-10-15-11(13-3)8(2)12(16-10)14-9-5-6-17-7-9/h9H,4-7H2,1-3H3,(H2,13,14,15,16). The first-order valence-electron chi connectivity index (χ1n) is 6.14. The number of nitrogens with one attached hydrogen (secondary N) is 2. The molecule has 0 aromatic carbocycles. The first kappa shape index (κ1) is 12.1. The fourth-order valence-electron chi connectivity index (χ4n) is 1.95. The van der Waals surface area contributed by atoms with Gasteiger partial charge < -0.3 is 15.4 Å². The molecule has 0 bridgehead atoms. The number of nitrogens with zero attached hydrogens (tertiary/aromatic N) is 2. The van der Waals surface area contributed by atoms with E-state index < -0.39 is 0 Å². The quantitative estimate of drug-likeness (QED) is 0.831. The summed E-state index contributed by atoms with van der Waals surface area (Å²) in [5.41, 5.74) is 1.07. The van der Waals surface area contributed by atoms with Crippen molar-refractivity contribution in [2.45, 2.75) is 32.7 Å². The van der Waals surface area contributed by atoms with Gasteiger partial charge in [-0.3, -0.25) is 0 Å². The van der Waals surface area contributed by atoms with E-state index in [1.54, 1.807) is 0 Å². The largest absolute Gasteiger partial charge is 0.379 e. The summed E-state index contributed by atoms with van der Waals surface area (Å²) >= 11 is 0. The van der Waals surface area contributed by atoms with Crippen LogP contribution in [-0.2, 0) is 11.2 Å². The third-order valence-corrected chi connectivity index (χ3v) is 3.02. The van der Waals surface area contributed by atoms with E-state index in [0.29, 0.717) is 6.04 Å². The zero-order chi connectivity index (χ0) is 12.3. The molecule has 0 saturated carbocycles. The molecule has 1 fully saturated rings. The molecule has 1 aromatic heterocycles. The molecule has 1 unspecified atom stereocenters. The van der Waals surface area contributed by atoms with Crippen LogP contribution >= 0.6 is 0 Å². The lowest BCUT2D eigenvalue weighted by atomic mass is 10.2. The van der Waals surface area contributed by atoms with Crippen LogP contribution in [0.5, 0.6) is 0 Å². The van der Waals surface area contributed by atoms with Gasteiger partial charge in [-0.2, -0.15) is 0 Å². The minimum absolute atomic E-state index is 0.373. The molecule has 1 aliphatic rings. The molecule has 5 heteroatoms. The molecule has 1 saturated heterocycles. The van der Waals surface area contributed by atoms with Crippen LogP contribution in [0.15, 0.2) is 0 Å². The van der Waals surface area contributed by atoms with E-state index in [2.05, 4.69) is 27.5 Å². The Morgan fingerprint density at radius 3 is 2.71 bits per heavy atom. The summed E-state index contributed by atoms with van der Waals surface area (Å²) in [6, 6.07) is 0.373. The topological polar surface area (TPSA) is 59.1 Å². The maximum absolute atomic E-state index is 5.36. The van der Waals surface area contributed by atoms with Crippen LogP contribution in [0, 0.1) is 6.92 Å². The summed E-state index contributed by atoms with van der Waals surface area (Å²) in [5, 5.41) is 6.56. The van der Waals surface area contributed by atoms with Gasteiger partial charge in [0.1, 0.15) is 17.5 Å². The Kier molecular flexibility index (Phi) is 3.78. The van der Waals surface area contributed by atoms with Crippen LogP contribution < -0.4 is 10.6 Å². The van der Waals surface area contributed by atoms with Gasteiger partial charge in [0.15, 0.2) is 0 Å². The molecule has 1 atom stereocenters. The van der Waals surface area contributed by atoms with Gasteiger partial charge in [-0.05, 0) is 13.3 Å². The number of hydrogen-bond donors (Lipinski definition) is 2. The Hall–Kier alpha value is -1.36. The molecule has 0 aliphatic carbocycles. The van der Waals surface area contributed by atoms with E-state index in [1.165, 1.54) is 0 Å². The Morgan fingerprint density at radius 2 is 2.12 bits per heavy atom. The molecular weight excluding hydrogens is 216 g/mol. The van der Waals surface area contributed by atoms with Crippen LogP contribution in [0.4, 0.5) is 11.6 Å². The summed E-state index contributed by atoms with van der Waals surface area (Å²) in [4.78, 5) is 9.00. The van der Waals surface area contributed by atoms with Crippen molar-refractivity contribution >= 4 is 11.6 Å². The highest BCUT2D eigenvalue weighted by atomic mass is 16.5. The molecule has 0 spiro atoms. The normalized spacial score (nSPS) is 19.4. The molecule has 0 amide bonds. The van der Waals surface area contributed by atoms with Crippen molar-refractivity contribution in [2.24, 2.45) is 0 Å². The molecular formula is C12H20N4O. The smallest absolute Gasteiger partial charge is 0.135 e. The second-order valence-corrected chi connectivity index (χ2v) is 4.27. The minimum Gasteiger partial charge on any atom is -0.379 e. The average molecular weight is 236 g/mol. The van der Waals surface area contributed by atoms with Gasteiger partial charge in [0.25, 0.3) is 0 Å². The van der Waals surface area contributed by atoms with E-state index in [9.17, 15) is 0 Å².